The fraction of sp³-hybridized carbons (Fsp3) is 0.438. The SMILES string of the molecule is CC(C)(C)c1ccc(CNC(CC(=O)O)c2cccs2)s1. The summed E-state index contributed by atoms with van der Waals surface area (Å²) in [5.74, 6) is -0.775. The molecule has 0 radical (unpaired) electrons. The first kappa shape index (κ1) is 16.2. The monoisotopic (exact) mass is 323 g/mol. The summed E-state index contributed by atoms with van der Waals surface area (Å²) in [6.45, 7) is 7.31. The topological polar surface area (TPSA) is 49.3 Å². The van der Waals surface area contributed by atoms with Crippen molar-refractivity contribution in [2.75, 3.05) is 0 Å². The number of rotatable bonds is 6. The van der Waals surface area contributed by atoms with Gasteiger partial charge in [-0.1, -0.05) is 26.8 Å². The van der Waals surface area contributed by atoms with Crippen LogP contribution >= 0.6 is 22.7 Å². The second-order valence-electron chi connectivity index (χ2n) is 6.06. The predicted octanol–water partition coefficient (Wildman–Crippen LogP) is 4.41. The molecule has 21 heavy (non-hydrogen) atoms. The molecule has 2 heterocycles. The molecule has 0 bridgehead atoms. The zero-order chi connectivity index (χ0) is 15.5. The van der Waals surface area contributed by atoms with E-state index in [1.807, 2.05) is 17.5 Å². The Kier molecular flexibility index (Phi) is 5.19. The van der Waals surface area contributed by atoms with Gasteiger partial charge in [0.25, 0.3) is 0 Å². The number of aliphatic carboxylic acids is 1. The van der Waals surface area contributed by atoms with Crippen LogP contribution in [0.25, 0.3) is 0 Å². The molecule has 3 nitrogen and oxygen atoms in total. The lowest BCUT2D eigenvalue weighted by molar-refractivity contribution is -0.137. The third-order valence-electron chi connectivity index (χ3n) is 3.19. The summed E-state index contributed by atoms with van der Waals surface area (Å²) in [6.07, 6.45) is 0.109. The first-order valence-corrected chi connectivity index (χ1v) is 8.63. The van der Waals surface area contributed by atoms with Crippen molar-refractivity contribution in [2.24, 2.45) is 0 Å². The van der Waals surface area contributed by atoms with Crippen LogP contribution in [-0.4, -0.2) is 11.1 Å². The molecule has 0 aliphatic rings. The second-order valence-corrected chi connectivity index (χ2v) is 8.21. The van der Waals surface area contributed by atoms with Crippen molar-refractivity contribution in [3.8, 4) is 0 Å². The standard InChI is InChI=1S/C16H21NO2S2/c1-16(2,3)14-7-6-11(21-14)10-17-12(9-15(18)19)13-5-4-8-20-13/h4-8,12,17H,9-10H2,1-3H3,(H,18,19). The minimum atomic E-state index is -0.775. The van der Waals surface area contributed by atoms with Crippen LogP contribution in [0.5, 0.6) is 0 Å². The van der Waals surface area contributed by atoms with Gasteiger partial charge >= 0.3 is 5.97 Å². The van der Waals surface area contributed by atoms with E-state index in [1.165, 1.54) is 9.75 Å². The number of carboxylic acids is 1. The Morgan fingerprint density at radius 1 is 1.33 bits per heavy atom. The molecule has 0 aliphatic heterocycles. The van der Waals surface area contributed by atoms with Gasteiger partial charge in [-0.3, -0.25) is 4.79 Å². The highest BCUT2D eigenvalue weighted by Crippen LogP contribution is 2.30. The van der Waals surface area contributed by atoms with Crippen molar-refractivity contribution < 1.29 is 9.90 Å². The van der Waals surface area contributed by atoms with Gasteiger partial charge in [0, 0.05) is 21.2 Å². The van der Waals surface area contributed by atoms with E-state index in [2.05, 4.69) is 38.2 Å². The summed E-state index contributed by atoms with van der Waals surface area (Å²) in [7, 11) is 0. The van der Waals surface area contributed by atoms with E-state index in [-0.39, 0.29) is 17.9 Å². The Bertz CT molecular complexity index is 582. The van der Waals surface area contributed by atoms with Gasteiger partial charge in [0.2, 0.25) is 0 Å². The quantitative estimate of drug-likeness (QED) is 0.827. The van der Waals surface area contributed by atoms with Crippen LogP contribution in [-0.2, 0) is 16.8 Å². The van der Waals surface area contributed by atoms with Crippen LogP contribution in [0.15, 0.2) is 29.6 Å². The molecule has 0 spiro atoms. The number of thiophene rings is 2. The van der Waals surface area contributed by atoms with Crippen LogP contribution in [0, 0.1) is 0 Å². The summed E-state index contributed by atoms with van der Waals surface area (Å²) >= 11 is 3.39. The van der Waals surface area contributed by atoms with Gasteiger partial charge in [-0.2, -0.15) is 0 Å². The minimum absolute atomic E-state index is 0.109. The van der Waals surface area contributed by atoms with E-state index in [0.29, 0.717) is 6.54 Å². The number of nitrogens with one attached hydrogen (secondary N) is 1. The van der Waals surface area contributed by atoms with Gasteiger partial charge in [-0.15, -0.1) is 22.7 Å². The summed E-state index contributed by atoms with van der Waals surface area (Å²) in [5, 5.41) is 14.4. The summed E-state index contributed by atoms with van der Waals surface area (Å²) < 4.78 is 0. The molecule has 2 aromatic rings. The van der Waals surface area contributed by atoms with E-state index >= 15 is 0 Å². The molecule has 0 fully saturated rings. The third kappa shape index (κ3) is 4.66. The Morgan fingerprint density at radius 3 is 2.62 bits per heavy atom. The van der Waals surface area contributed by atoms with E-state index in [1.54, 1.807) is 22.7 Å². The predicted molar refractivity (Wildman–Crippen MR) is 89.2 cm³/mol. The molecule has 0 saturated carbocycles. The van der Waals surface area contributed by atoms with Gasteiger partial charge < -0.3 is 10.4 Å². The van der Waals surface area contributed by atoms with Crippen molar-refractivity contribution >= 4 is 28.6 Å². The van der Waals surface area contributed by atoms with Gasteiger partial charge in [0.05, 0.1) is 12.5 Å². The van der Waals surface area contributed by atoms with Crippen LogP contribution < -0.4 is 5.32 Å². The molecular weight excluding hydrogens is 302 g/mol. The number of carboxylic acid groups (broad SMARTS) is 1. The Balaban J connectivity index is 2.02. The third-order valence-corrected chi connectivity index (χ3v) is 5.69. The maximum Gasteiger partial charge on any atom is 0.305 e. The zero-order valence-electron chi connectivity index (χ0n) is 12.6. The normalized spacial score (nSPS) is 13.3. The highest BCUT2D eigenvalue weighted by atomic mass is 32.1. The van der Waals surface area contributed by atoms with Crippen molar-refractivity contribution in [3.05, 3.63) is 44.3 Å². The van der Waals surface area contributed by atoms with E-state index in [9.17, 15) is 4.79 Å². The number of hydrogen-bond acceptors (Lipinski definition) is 4. The van der Waals surface area contributed by atoms with Crippen molar-refractivity contribution in [1.82, 2.24) is 5.32 Å². The molecule has 0 aromatic carbocycles. The maximum atomic E-state index is 11.0. The Labute approximate surface area is 133 Å². The molecule has 0 saturated heterocycles. The van der Waals surface area contributed by atoms with Gasteiger partial charge in [0.1, 0.15) is 0 Å². The number of hydrogen-bond donors (Lipinski definition) is 2. The highest BCUT2D eigenvalue weighted by molar-refractivity contribution is 7.12. The Morgan fingerprint density at radius 2 is 2.10 bits per heavy atom. The van der Waals surface area contributed by atoms with Crippen LogP contribution in [0.1, 0.15) is 47.9 Å². The van der Waals surface area contributed by atoms with Gasteiger partial charge in [0.15, 0.2) is 0 Å². The van der Waals surface area contributed by atoms with Crippen molar-refractivity contribution in [3.63, 3.8) is 0 Å². The average Bonchev–Trinajstić information content (AvgIpc) is 3.04. The zero-order valence-corrected chi connectivity index (χ0v) is 14.2. The molecule has 2 rings (SSSR count). The number of carbonyl (C=O) groups is 1. The lowest BCUT2D eigenvalue weighted by atomic mass is 9.95. The van der Waals surface area contributed by atoms with Gasteiger partial charge in [-0.05, 0) is 29.0 Å². The molecule has 0 amide bonds. The minimum Gasteiger partial charge on any atom is -0.481 e. The van der Waals surface area contributed by atoms with E-state index in [4.69, 9.17) is 5.11 Å². The molecule has 1 atom stereocenters. The fourth-order valence-corrected chi connectivity index (χ4v) is 3.86. The first-order chi connectivity index (χ1) is 9.86. The summed E-state index contributed by atoms with van der Waals surface area (Å²) in [6, 6.07) is 8.12. The smallest absolute Gasteiger partial charge is 0.305 e. The highest BCUT2D eigenvalue weighted by Gasteiger charge is 2.18. The van der Waals surface area contributed by atoms with Crippen molar-refractivity contribution in [2.45, 2.75) is 45.2 Å². The molecule has 0 aliphatic carbocycles. The maximum absolute atomic E-state index is 11.0. The molecule has 114 valence electrons. The second kappa shape index (κ2) is 6.73. The summed E-state index contributed by atoms with van der Waals surface area (Å²) in [4.78, 5) is 14.7. The lowest BCUT2D eigenvalue weighted by Gasteiger charge is -2.16. The molecule has 1 unspecified atom stereocenters. The first-order valence-electron chi connectivity index (χ1n) is 6.94. The molecular formula is C16H21NO2S2. The van der Waals surface area contributed by atoms with Gasteiger partial charge in [-0.25, -0.2) is 0 Å². The summed E-state index contributed by atoms with van der Waals surface area (Å²) in [5.41, 5.74) is 0.164. The van der Waals surface area contributed by atoms with E-state index in [0.717, 1.165) is 4.88 Å². The van der Waals surface area contributed by atoms with Crippen LogP contribution in [0.2, 0.25) is 0 Å². The molecule has 2 N–H and O–H groups in total. The largest absolute Gasteiger partial charge is 0.481 e. The molecule has 5 heteroatoms. The van der Waals surface area contributed by atoms with E-state index < -0.39 is 5.97 Å². The fourth-order valence-electron chi connectivity index (χ4n) is 2.04. The Hall–Kier alpha value is -1.17. The average molecular weight is 323 g/mol. The van der Waals surface area contributed by atoms with Crippen LogP contribution in [0.4, 0.5) is 0 Å². The van der Waals surface area contributed by atoms with Crippen LogP contribution in [0.3, 0.4) is 0 Å². The van der Waals surface area contributed by atoms with Crippen molar-refractivity contribution in [1.29, 1.82) is 0 Å². The molecule has 2 aromatic heterocycles. The lowest BCUT2D eigenvalue weighted by Crippen LogP contribution is -2.22.